The molecule has 5 nitrogen and oxygen atoms in total. The molecule has 27 heavy (non-hydrogen) atoms. The largest absolute Gasteiger partial charge is 0.497 e. The van der Waals surface area contributed by atoms with Gasteiger partial charge in [0.2, 0.25) is 0 Å². The van der Waals surface area contributed by atoms with Crippen molar-refractivity contribution in [1.29, 1.82) is 0 Å². The molecule has 1 amide bonds. The van der Waals surface area contributed by atoms with E-state index in [1.807, 2.05) is 37.2 Å². The maximum atomic E-state index is 13.1. The number of amides is 1. The highest BCUT2D eigenvalue weighted by molar-refractivity contribution is 7.22. The van der Waals surface area contributed by atoms with E-state index in [1.54, 1.807) is 36.3 Å². The van der Waals surface area contributed by atoms with Gasteiger partial charge in [0, 0.05) is 18.7 Å². The molecular formula is C19H21Cl2N3O2S. The van der Waals surface area contributed by atoms with Crippen LogP contribution in [0.1, 0.15) is 10.4 Å². The van der Waals surface area contributed by atoms with Gasteiger partial charge in [-0.1, -0.05) is 29.0 Å². The molecule has 0 saturated carbocycles. The van der Waals surface area contributed by atoms with Crippen LogP contribution < -0.4 is 9.64 Å². The number of hydrogen-bond donors (Lipinski definition) is 0. The summed E-state index contributed by atoms with van der Waals surface area (Å²) in [6, 6.07) is 12.8. The molecule has 0 fully saturated rings. The van der Waals surface area contributed by atoms with Crippen molar-refractivity contribution in [2.45, 2.75) is 0 Å². The highest BCUT2D eigenvalue weighted by Gasteiger charge is 2.22. The van der Waals surface area contributed by atoms with Crippen molar-refractivity contribution in [2.24, 2.45) is 0 Å². The van der Waals surface area contributed by atoms with Crippen LogP contribution in [0.4, 0.5) is 5.13 Å². The minimum atomic E-state index is -0.0929. The van der Waals surface area contributed by atoms with Crippen LogP contribution in [0.2, 0.25) is 5.02 Å². The second-order valence-corrected chi connectivity index (χ2v) is 7.49. The van der Waals surface area contributed by atoms with Crippen molar-refractivity contribution in [2.75, 3.05) is 39.2 Å². The monoisotopic (exact) mass is 425 g/mol. The third-order valence-electron chi connectivity index (χ3n) is 3.94. The van der Waals surface area contributed by atoms with E-state index in [0.29, 0.717) is 28.0 Å². The molecule has 0 aliphatic heterocycles. The fourth-order valence-corrected chi connectivity index (χ4v) is 3.78. The molecule has 144 valence electrons. The van der Waals surface area contributed by atoms with E-state index in [0.717, 1.165) is 16.8 Å². The summed E-state index contributed by atoms with van der Waals surface area (Å²) < 4.78 is 6.13. The van der Waals surface area contributed by atoms with Crippen molar-refractivity contribution in [1.82, 2.24) is 9.88 Å². The molecule has 0 radical (unpaired) electrons. The lowest BCUT2D eigenvalue weighted by molar-refractivity contribution is 0.0985. The Hall–Kier alpha value is -1.86. The number of hydrogen-bond acceptors (Lipinski definition) is 5. The summed E-state index contributed by atoms with van der Waals surface area (Å²) in [7, 11) is 5.56. The van der Waals surface area contributed by atoms with Gasteiger partial charge in [-0.15, -0.1) is 12.4 Å². The highest BCUT2D eigenvalue weighted by Crippen LogP contribution is 2.33. The second kappa shape index (κ2) is 9.37. The zero-order valence-corrected chi connectivity index (χ0v) is 17.7. The van der Waals surface area contributed by atoms with Gasteiger partial charge in [0.1, 0.15) is 11.3 Å². The van der Waals surface area contributed by atoms with Gasteiger partial charge in [-0.3, -0.25) is 9.69 Å². The first-order valence-electron chi connectivity index (χ1n) is 8.15. The maximum absolute atomic E-state index is 13.1. The van der Waals surface area contributed by atoms with Gasteiger partial charge in [0.15, 0.2) is 5.13 Å². The number of anilines is 1. The molecule has 0 aliphatic carbocycles. The van der Waals surface area contributed by atoms with Gasteiger partial charge in [-0.05, 0) is 50.5 Å². The van der Waals surface area contributed by atoms with Crippen LogP contribution in [0.5, 0.6) is 5.75 Å². The molecule has 1 aromatic heterocycles. The Balaban J connectivity index is 0.00000261. The van der Waals surface area contributed by atoms with Gasteiger partial charge in [-0.2, -0.15) is 0 Å². The molecular weight excluding hydrogens is 405 g/mol. The van der Waals surface area contributed by atoms with E-state index in [1.165, 1.54) is 11.3 Å². The Morgan fingerprint density at radius 2 is 1.85 bits per heavy atom. The number of halogens is 2. The summed E-state index contributed by atoms with van der Waals surface area (Å²) in [4.78, 5) is 21.5. The minimum absolute atomic E-state index is 0. The number of aromatic nitrogens is 1. The molecule has 0 aliphatic rings. The van der Waals surface area contributed by atoms with E-state index < -0.39 is 0 Å². The number of likely N-dealkylation sites (N-methyl/N-ethyl adjacent to an activating group) is 1. The van der Waals surface area contributed by atoms with E-state index in [2.05, 4.69) is 4.98 Å². The Labute approximate surface area is 173 Å². The molecule has 3 aromatic rings. The molecule has 0 N–H and O–H groups in total. The van der Waals surface area contributed by atoms with Crippen molar-refractivity contribution >= 4 is 56.6 Å². The zero-order chi connectivity index (χ0) is 18.7. The molecule has 2 aromatic carbocycles. The van der Waals surface area contributed by atoms with Crippen LogP contribution >= 0.6 is 35.3 Å². The lowest BCUT2D eigenvalue weighted by Gasteiger charge is -2.22. The molecule has 0 spiro atoms. The summed E-state index contributed by atoms with van der Waals surface area (Å²) in [6.07, 6.45) is 0. The first-order chi connectivity index (χ1) is 12.5. The van der Waals surface area contributed by atoms with E-state index >= 15 is 0 Å². The van der Waals surface area contributed by atoms with E-state index in [9.17, 15) is 4.79 Å². The standard InChI is InChI=1S/C19H20ClN3O2S.ClH/c1-22(2)11-12-23(18(24)13-7-9-14(25-3)10-8-13)19-21-17-15(20)5-4-6-16(17)26-19;/h4-10H,11-12H2,1-3H3;1H. The molecule has 0 atom stereocenters. The van der Waals surface area contributed by atoms with Gasteiger partial charge in [0.25, 0.3) is 5.91 Å². The van der Waals surface area contributed by atoms with Gasteiger partial charge in [0.05, 0.1) is 16.8 Å². The maximum Gasteiger partial charge on any atom is 0.260 e. The van der Waals surface area contributed by atoms with Gasteiger partial charge in [-0.25, -0.2) is 4.98 Å². The minimum Gasteiger partial charge on any atom is -0.497 e. The van der Waals surface area contributed by atoms with Crippen molar-refractivity contribution in [3.63, 3.8) is 0 Å². The number of carbonyl (C=O) groups excluding carboxylic acids is 1. The summed E-state index contributed by atoms with van der Waals surface area (Å²) in [5.74, 6) is 0.623. The van der Waals surface area contributed by atoms with Crippen LogP contribution in [-0.2, 0) is 0 Å². The van der Waals surface area contributed by atoms with Crippen molar-refractivity contribution in [3.8, 4) is 5.75 Å². The number of ether oxygens (including phenoxy) is 1. The van der Waals surface area contributed by atoms with Crippen LogP contribution in [0.3, 0.4) is 0 Å². The van der Waals surface area contributed by atoms with Crippen LogP contribution in [0.25, 0.3) is 10.2 Å². The van der Waals surface area contributed by atoms with Gasteiger partial charge < -0.3 is 9.64 Å². The predicted octanol–water partition coefficient (Wildman–Crippen LogP) is 4.59. The molecule has 0 unspecified atom stereocenters. The molecule has 8 heteroatoms. The summed E-state index contributed by atoms with van der Waals surface area (Å²) in [6.45, 7) is 1.26. The van der Waals surface area contributed by atoms with E-state index in [4.69, 9.17) is 16.3 Å². The predicted molar refractivity (Wildman–Crippen MR) is 115 cm³/mol. The lowest BCUT2D eigenvalue weighted by Crippen LogP contribution is -2.36. The van der Waals surface area contributed by atoms with E-state index in [-0.39, 0.29) is 18.3 Å². The quantitative estimate of drug-likeness (QED) is 0.579. The smallest absolute Gasteiger partial charge is 0.260 e. The number of carbonyl (C=O) groups is 1. The Morgan fingerprint density at radius 1 is 1.15 bits per heavy atom. The molecule has 0 bridgehead atoms. The Morgan fingerprint density at radius 3 is 2.44 bits per heavy atom. The third-order valence-corrected chi connectivity index (χ3v) is 5.29. The average Bonchev–Trinajstić information content (AvgIpc) is 3.07. The first-order valence-corrected chi connectivity index (χ1v) is 9.34. The SMILES string of the molecule is COc1ccc(C(=O)N(CCN(C)C)c2nc3c(Cl)cccc3s2)cc1.Cl. The van der Waals surface area contributed by atoms with Crippen molar-refractivity contribution < 1.29 is 9.53 Å². The molecule has 0 saturated heterocycles. The fourth-order valence-electron chi connectivity index (χ4n) is 2.49. The Kier molecular flexibility index (Phi) is 7.44. The first kappa shape index (κ1) is 21.4. The van der Waals surface area contributed by atoms with Crippen LogP contribution in [0.15, 0.2) is 42.5 Å². The number of rotatable bonds is 6. The summed E-state index contributed by atoms with van der Waals surface area (Å²) in [5.41, 5.74) is 1.32. The highest BCUT2D eigenvalue weighted by atomic mass is 35.5. The average molecular weight is 426 g/mol. The lowest BCUT2D eigenvalue weighted by atomic mass is 10.2. The fraction of sp³-hybridized carbons (Fsp3) is 0.263. The second-order valence-electron chi connectivity index (χ2n) is 6.07. The van der Waals surface area contributed by atoms with Crippen LogP contribution in [0, 0.1) is 0 Å². The molecule has 1 heterocycles. The zero-order valence-electron chi connectivity index (χ0n) is 15.3. The number of thiazole rings is 1. The summed E-state index contributed by atoms with van der Waals surface area (Å²) in [5, 5.41) is 1.24. The van der Waals surface area contributed by atoms with Crippen molar-refractivity contribution in [3.05, 3.63) is 53.1 Å². The number of methoxy groups -OCH3 is 1. The normalized spacial score (nSPS) is 10.7. The third kappa shape index (κ3) is 4.90. The number of benzene rings is 2. The topological polar surface area (TPSA) is 45.7 Å². The number of nitrogens with zero attached hydrogens (tertiary/aromatic N) is 3. The molecule has 3 rings (SSSR count). The number of para-hydroxylation sites is 1. The van der Waals surface area contributed by atoms with Gasteiger partial charge >= 0.3 is 0 Å². The summed E-state index contributed by atoms with van der Waals surface area (Å²) >= 11 is 7.72. The van der Waals surface area contributed by atoms with Crippen LogP contribution in [-0.4, -0.2) is 50.1 Å². The Bertz CT molecular complexity index is 913. The number of fused-ring (bicyclic) bond motifs is 1.